The summed E-state index contributed by atoms with van der Waals surface area (Å²) in [6.07, 6.45) is 0.535. The molecule has 0 saturated carbocycles. The summed E-state index contributed by atoms with van der Waals surface area (Å²) in [7, 11) is -2.33. The molecule has 0 amide bonds. The van der Waals surface area contributed by atoms with Crippen LogP contribution in [0.25, 0.3) is 0 Å². The van der Waals surface area contributed by atoms with E-state index >= 15 is 0 Å². The van der Waals surface area contributed by atoms with Crippen LogP contribution in [0.15, 0.2) is 48.5 Å². The van der Waals surface area contributed by atoms with E-state index in [4.69, 9.17) is 0 Å². The van der Waals surface area contributed by atoms with Gasteiger partial charge in [-0.15, -0.1) is 0 Å². The molecule has 0 aromatic heterocycles. The SMILES string of the molecule is Cc1ccc(CC#CC(c2ccc(C)cc2)=S(=O)=O)cc1. The van der Waals surface area contributed by atoms with Crippen molar-refractivity contribution < 1.29 is 8.42 Å². The van der Waals surface area contributed by atoms with E-state index in [1.807, 2.05) is 50.2 Å². The van der Waals surface area contributed by atoms with Crippen LogP contribution < -0.4 is 0 Å². The first-order valence-corrected chi connectivity index (χ1v) is 7.71. The zero-order valence-corrected chi connectivity index (χ0v) is 12.9. The molecule has 21 heavy (non-hydrogen) atoms. The molecular formula is C18H16O2S. The summed E-state index contributed by atoms with van der Waals surface area (Å²) < 4.78 is 22.7. The van der Waals surface area contributed by atoms with Crippen molar-refractivity contribution in [2.45, 2.75) is 20.3 Å². The van der Waals surface area contributed by atoms with Crippen LogP contribution in [0.1, 0.15) is 22.3 Å². The molecule has 0 fully saturated rings. The highest BCUT2D eigenvalue weighted by Crippen LogP contribution is 2.05. The molecule has 2 rings (SSSR count). The van der Waals surface area contributed by atoms with Gasteiger partial charge in [-0.2, -0.15) is 8.42 Å². The van der Waals surface area contributed by atoms with Crippen molar-refractivity contribution in [1.29, 1.82) is 0 Å². The lowest BCUT2D eigenvalue weighted by molar-refractivity contribution is 0.627. The van der Waals surface area contributed by atoms with E-state index < -0.39 is 10.3 Å². The molecule has 0 saturated heterocycles. The van der Waals surface area contributed by atoms with Gasteiger partial charge in [-0.05, 0) is 25.3 Å². The molecule has 0 heterocycles. The van der Waals surface area contributed by atoms with E-state index in [9.17, 15) is 8.42 Å². The lowest BCUT2D eigenvalue weighted by Gasteiger charge is -1.97. The Morgan fingerprint density at radius 2 is 1.43 bits per heavy atom. The summed E-state index contributed by atoms with van der Waals surface area (Å²) in [6.45, 7) is 3.99. The second kappa shape index (κ2) is 6.92. The number of benzene rings is 2. The molecule has 0 bridgehead atoms. The normalized spacial score (nSPS) is 9.62. The van der Waals surface area contributed by atoms with Crippen molar-refractivity contribution >= 4 is 15.2 Å². The summed E-state index contributed by atoms with van der Waals surface area (Å²) in [6, 6.07) is 15.4. The minimum Gasteiger partial charge on any atom is -0.183 e. The van der Waals surface area contributed by atoms with Gasteiger partial charge in [0.25, 0.3) is 0 Å². The molecule has 2 nitrogen and oxygen atoms in total. The minimum atomic E-state index is -2.33. The number of aryl methyl sites for hydroxylation is 2. The van der Waals surface area contributed by atoms with Crippen molar-refractivity contribution in [3.05, 3.63) is 70.8 Å². The zero-order chi connectivity index (χ0) is 15.2. The fraction of sp³-hybridized carbons (Fsp3) is 0.167. The van der Waals surface area contributed by atoms with E-state index in [0.29, 0.717) is 12.0 Å². The van der Waals surface area contributed by atoms with E-state index in [1.165, 1.54) is 5.56 Å². The molecule has 0 spiro atoms. The third-order valence-electron chi connectivity index (χ3n) is 3.10. The topological polar surface area (TPSA) is 34.1 Å². The fourth-order valence-corrected chi connectivity index (χ4v) is 2.33. The maximum atomic E-state index is 11.3. The number of hydrogen-bond donors (Lipinski definition) is 0. The molecular weight excluding hydrogens is 280 g/mol. The zero-order valence-electron chi connectivity index (χ0n) is 12.1. The van der Waals surface area contributed by atoms with Crippen LogP contribution in [0.5, 0.6) is 0 Å². The largest absolute Gasteiger partial charge is 0.230 e. The molecule has 0 aliphatic rings. The Morgan fingerprint density at radius 3 is 1.95 bits per heavy atom. The van der Waals surface area contributed by atoms with Gasteiger partial charge in [0, 0.05) is 12.0 Å². The van der Waals surface area contributed by atoms with Gasteiger partial charge in [-0.3, -0.25) is 0 Å². The van der Waals surface area contributed by atoms with Crippen LogP contribution in [0.3, 0.4) is 0 Å². The van der Waals surface area contributed by atoms with E-state index in [-0.39, 0.29) is 4.86 Å². The first-order valence-electron chi connectivity index (χ1n) is 6.64. The summed E-state index contributed by atoms with van der Waals surface area (Å²) in [5.41, 5.74) is 3.99. The smallest absolute Gasteiger partial charge is 0.183 e. The van der Waals surface area contributed by atoms with Crippen LogP contribution in [0.4, 0.5) is 0 Å². The fourth-order valence-electron chi connectivity index (χ4n) is 1.85. The maximum absolute atomic E-state index is 11.3. The Balaban J connectivity index is 2.23. The quantitative estimate of drug-likeness (QED) is 0.485. The minimum absolute atomic E-state index is 0.141. The van der Waals surface area contributed by atoms with Gasteiger partial charge >= 0.3 is 0 Å². The van der Waals surface area contributed by atoms with Gasteiger partial charge in [-0.25, -0.2) is 0 Å². The average Bonchev–Trinajstić information content (AvgIpc) is 2.46. The third-order valence-corrected chi connectivity index (χ3v) is 3.77. The highest BCUT2D eigenvalue weighted by Gasteiger charge is 2.01. The molecule has 0 N–H and O–H groups in total. The number of hydrogen-bond acceptors (Lipinski definition) is 2. The highest BCUT2D eigenvalue weighted by atomic mass is 32.2. The monoisotopic (exact) mass is 296 g/mol. The predicted molar refractivity (Wildman–Crippen MR) is 86.9 cm³/mol. The van der Waals surface area contributed by atoms with Gasteiger partial charge in [0.15, 0.2) is 4.86 Å². The second-order valence-electron chi connectivity index (χ2n) is 4.89. The molecule has 2 aromatic rings. The Hall–Kier alpha value is -2.31. The Morgan fingerprint density at radius 1 is 0.905 bits per heavy atom. The maximum Gasteiger partial charge on any atom is 0.230 e. The van der Waals surface area contributed by atoms with Gasteiger partial charge in [-0.1, -0.05) is 65.6 Å². The second-order valence-corrected chi connectivity index (χ2v) is 5.77. The molecule has 106 valence electrons. The van der Waals surface area contributed by atoms with Crippen LogP contribution in [-0.2, 0) is 16.7 Å². The van der Waals surface area contributed by atoms with Crippen molar-refractivity contribution in [3.63, 3.8) is 0 Å². The first kappa shape index (κ1) is 15.1. The number of rotatable bonds is 2. The summed E-state index contributed by atoms with van der Waals surface area (Å²) in [4.78, 5) is 0.141. The Labute approximate surface area is 127 Å². The molecule has 0 atom stereocenters. The molecule has 2 aromatic carbocycles. The molecule has 0 aliphatic heterocycles. The third kappa shape index (κ3) is 4.34. The average molecular weight is 296 g/mol. The summed E-state index contributed by atoms with van der Waals surface area (Å²) in [5.74, 6) is 5.71. The van der Waals surface area contributed by atoms with Crippen molar-refractivity contribution in [3.8, 4) is 11.8 Å². The van der Waals surface area contributed by atoms with Gasteiger partial charge in [0.05, 0.1) is 0 Å². The van der Waals surface area contributed by atoms with Gasteiger partial charge < -0.3 is 0 Å². The van der Waals surface area contributed by atoms with E-state index in [2.05, 4.69) is 11.8 Å². The van der Waals surface area contributed by atoms with E-state index in [1.54, 1.807) is 12.1 Å². The van der Waals surface area contributed by atoms with Gasteiger partial charge in [0.2, 0.25) is 10.3 Å². The summed E-state index contributed by atoms with van der Waals surface area (Å²) in [5, 5.41) is 0. The Kier molecular flexibility index (Phi) is 4.97. The Bertz CT molecular complexity index is 808. The lowest BCUT2D eigenvalue weighted by Crippen LogP contribution is -1.99. The molecule has 0 unspecified atom stereocenters. The van der Waals surface area contributed by atoms with Gasteiger partial charge in [0.1, 0.15) is 0 Å². The molecule has 0 radical (unpaired) electrons. The molecule has 3 heteroatoms. The van der Waals surface area contributed by atoms with Crippen LogP contribution in [-0.4, -0.2) is 13.3 Å². The summed E-state index contributed by atoms with van der Waals surface area (Å²) >= 11 is 0. The lowest BCUT2D eigenvalue weighted by atomic mass is 10.1. The van der Waals surface area contributed by atoms with Crippen molar-refractivity contribution in [2.24, 2.45) is 0 Å². The predicted octanol–water partition coefficient (Wildman–Crippen LogP) is 2.95. The van der Waals surface area contributed by atoms with Crippen LogP contribution >= 0.6 is 0 Å². The first-order chi connectivity index (χ1) is 10.1. The molecule has 0 aliphatic carbocycles. The van der Waals surface area contributed by atoms with Crippen LogP contribution in [0, 0.1) is 25.7 Å². The van der Waals surface area contributed by atoms with Crippen LogP contribution in [0.2, 0.25) is 0 Å². The van der Waals surface area contributed by atoms with E-state index in [0.717, 1.165) is 11.1 Å². The highest BCUT2D eigenvalue weighted by molar-refractivity contribution is 7.74. The standard InChI is InChI=1S/C18H16O2S/c1-14-6-10-16(11-7-14)4-3-5-18(21(19)20)17-12-8-15(2)9-13-17/h6-13H,4H2,1-2H3. The van der Waals surface area contributed by atoms with Crippen molar-refractivity contribution in [1.82, 2.24) is 0 Å². The van der Waals surface area contributed by atoms with Crippen molar-refractivity contribution in [2.75, 3.05) is 0 Å².